The zero-order chi connectivity index (χ0) is 25.2. The van der Waals surface area contributed by atoms with Gasteiger partial charge in [-0.2, -0.15) is 0 Å². The first-order chi connectivity index (χ1) is 17.4. The van der Waals surface area contributed by atoms with Crippen molar-refractivity contribution in [3.63, 3.8) is 0 Å². The van der Waals surface area contributed by atoms with Crippen molar-refractivity contribution in [3.8, 4) is 22.6 Å². The summed E-state index contributed by atoms with van der Waals surface area (Å²) in [7, 11) is 0. The van der Waals surface area contributed by atoms with Crippen LogP contribution in [0.5, 0.6) is 0 Å². The first-order valence-electron chi connectivity index (χ1n) is 11.4. The maximum Gasteiger partial charge on any atom is 0.324 e. The summed E-state index contributed by atoms with van der Waals surface area (Å²) >= 11 is 0. The van der Waals surface area contributed by atoms with E-state index in [2.05, 4.69) is 20.8 Å². The van der Waals surface area contributed by atoms with Gasteiger partial charge in [0.15, 0.2) is 0 Å². The molecular formula is C27H23N5O4. The number of benzene rings is 3. The average Bonchev–Trinajstić information content (AvgIpc) is 3.45. The summed E-state index contributed by atoms with van der Waals surface area (Å²) in [6, 6.07) is 19.9. The van der Waals surface area contributed by atoms with Crippen LogP contribution in [-0.4, -0.2) is 39.5 Å². The lowest BCUT2D eigenvalue weighted by Crippen LogP contribution is -2.30. The molecule has 180 valence electrons. The van der Waals surface area contributed by atoms with Crippen LogP contribution in [0.15, 0.2) is 71.1 Å². The quantitative estimate of drug-likeness (QED) is 0.396. The van der Waals surface area contributed by atoms with Crippen LogP contribution in [0.2, 0.25) is 0 Å². The zero-order valence-electron chi connectivity index (χ0n) is 19.7. The van der Waals surface area contributed by atoms with E-state index in [-0.39, 0.29) is 24.9 Å². The zero-order valence-corrected chi connectivity index (χ0v) is 19.7. The summed E-state index contributed by atoms with van der Waals surface area (Å²) in [5.74, 6) is 0.424. The first kappa shape index (κ1) is 23.0. The molecule has 9 heteroatoms. The first-order valence-corrected chi connectivity index (χ1v) is 11.4. The maximum atomic E-state index is 12.9. The van der Waals surface area contributed by atoms with Gasteiger partial charge in [-0.25, -0.2) is 4.79 Å². The standard InChI is InChI=1S/C27H23N5O4/c1-16-6-7-21(26-31-30-17(2)36-26)13-23(16)19-8-10-20(11-9-19)25(34)29-22-5-3-4-18(12-22)15-32-24(33)14-28-27(32)35/h3-13H,14-15H2,1-2H3,(H,28,35)(H,29,34). The van der Waals surface area contributed by atoms with Crippen LogP contribution in [0, 0.1) is 13.8 Å². The summed E-state index contributed by atoms with van der Waals surface area (Å²) in [5.41, 5.74) is 5.67. The second kappa shape index (κ2) is 9.46. The Bertz CT molecular complexity index is 1460. The average molecular weight is 482 g/mol. The van der Waals surface area contributed by atoms with Crippen LogP contribution in [-0.2, 0) is 11.3 Å². The number of nitrogens with one attached hydrogen (secondary N) is 2. The Balaban J connectivity index is 1.30. The van der Waals surface area contributed by atoms with Gasteiger partial charge in [0.25, 0.3) is 5.91 Å². The van der Waals surface area contributed by atoms with Crippen molar-refractivity contribution in [2.75, 3.05) is 11.9 Å². The maximum absolute atomic E-state index is 12.9. The minimum atomic E-state index is -0.414. The fourth-order valence-electron chi connectivity index (χ4n) is 4.03. The van der Waals surface area contributed by atoms with Gasteiger partial charge in [0.05, 0.1) is 13.1 Å². The molecule has 1 aromatic heterocycles. The molecule has 0 saturated carbocycles. The number of carbonyl (C=O) groups excluding carboxylic acids is 3. The fourth-order valence-corrected chi connectivity index (χ4v) is 4.03. The van der Waals surface area contributed by atoms with Gasteiger partial charge in [0.2, 0.25) is 17.7 Å². The molecule has 3 aromatic carbocycles. The van der Waals surface area contributed by atoms with E-state index in [0.29, 0.717) is 23.0 Å². The molecule has 0 unspecified atom stereocenters. The molecule has 5 rings (SSSR count). The predicted octanol–water partition coefficient (Wildman–Crippen LogP) is 4.32. The highest BCUT2D eigenvalue weighted by Gasteiger charge is 2.28. The lowest BCUT2D eigenvalue weighted by Gasteiger charge is -2.13. The predicted molar refractivity (Wildman–Crippen MR) is 133 cm³/mol. The lowest BCUT2D eigenvalue weighted by molar-refractivity contribution is -0.125. The molecule has 0 radical (unpaired) electrons. The van der Waals surface area contributed by atoms with Gasteiger partial charge >= 0.3 is 6.03 Å². The number of hydrogen-bond acceptors (Lipinski definition) is 6. The Morgan fingerprint density at radius 1 is 1.00 bits per heavy atom. The van der Waals surface area contributed by atoms with E-state index < -0.39 is 6.03 Å². The van der Waals surface area contributed by atoms with Crippen LogP contribution in [0.4, 0.5) is 10.5 Å². The summed E-state index contributed by atoms with van der Waals surface area (Å²) in [6.07, 6.45) is 0. The number of rotatable bonds is 6. The Morgan fingerprint density at radius 2 is 1.78 bits per heavy atom. The molecule has 9 nitrogen and oxygen atoms in total. The number of nitrogens with zero attached hydrogens (tertiary/aromatic N) is 3. The molecule has 0 spiro atoms. The largest absolute Gasteiger partial charge is 0.421 e. The topological polar surface area (TPSA) is 117 Å². The molecule has 0 aliphatic carbocycles. The minimum absolute atomic E-state index is 0.00564. The third-order valence-electron chi connectivity index (χ3n) is 5.93. The third kappa shape index (κ3) is 4.72. The van der Waals surface area contributed by atoms with Crippen molar-refractivity contribution >= 4 is 23.5 Å². The van der Waals surface area contributed by atoms with Gasteiger partial charge in [0, 0.05) is 23.7 Å². The van der Waals surface area contributed by atoms with Gasteiger partial charge in [-0.15, -0.1) is 10.2 Å². The van der Waals surface area contributed by atoms with Crippen LogP contribution in [0.25, 0.3) is 22.6 Å². The number of carbonyl (C=O) groups is 3. The molecule has 1 aliphatic rings. The number of aromatic nitrogens is 2. The molecule has 4 amide bonds. The van der Waals surface area contributed by atoms with Crippen LogP contribution in [0.1, 0.15) is 27.4 Å². The number of urea groups is 1. The van der Waals surface area contributed by atoms with Gasteiger partial charge < -0.3 is 15.1 Å². The Kier molecular flexibility index (Phi) is 6.03. The second-order valence-electron chi connectivity index (χ2n) is 8.53. The molecule has 4 aromatic rings. The van der Waals surface area contributed by atoms with E-state index in [0.717, 1.165) is 32.7 Å². The van der Waals surface area contributed by atoms with Crippen molar-refractivity contribution < 1.29 is 18.8 Å². The number of hydrogen-bond donors (Lipinski definition) is 2. The number of aryl methyl sites for hydroxylation is 2. The molecule has 36 heavy (non-hydrogen) atoms. The highest BCUT2D eigenvalue weighted by molar-refractivity contribution is 6.04. The van der Waals surface area contributed by atoms with E-state index in [9.17, 15) is 14.4 Å². The van der Waals surface area contributed by atoms with Crippen molar-refractivity contribution in [1.29, 1.82) is 0 Å². The fraction of sp³-hybridized carbons (Fsp3) is 0.148. The van der Waals surface area contributed by atoms with Crippen molar-refractivity contribution in [1.82, 2.24) is 20.4 Å². The molecule has 0 atom stereocenters. The van der Waals surface area contributed by atoms with Gasteiger partial charge in [0.1, 0.15) is 0 Å². The molecule has 1 aliphatic heterocycles. The van der Waals surface area contributed by atoms with Gasteiger partial charge in [-0.05, 0) is 65.6 Å². The minimum Gasteiger partial charge on any atom is -0.421 e. The molecule has 1 fully saturated rings. The van der Waals surface area contributed by atoms with Crippen molar-refractivity contribution in [2.24, 2.45) is 0 Å². The monoisotopic (exact) mass is 481 g/mol. The molecule has 1 saturated heterocycles. The number of anilines is 1. The number of imide groups is 1. The smallest absolute Gasteiger partial charge is 0.324 e. The van der Waals surface area contributed by atoms with E-state index in [4.69, 9.17) is 4.42 Å². The van der Waals surface area contributed by atoms with E-state index in [1.165, 1.54) is 0 Å². The van der Waals surface area contributed by atoms with Crippen LogP contribution >= 0.6 is 0 Å². The van der Waals surface area contributed by atoms with Gasteiger partial charge in [-0.1, -0.05) is 30.3 Å². The van der Waals surface area contributed by atoms with E-state index >= 15 is 0 Å². The summed E-state index contributed by atoms with van der Waals surface area (Å²) in [5, 5.41) is 13.4. The lowest BCUT2D eigenvalue weighted by atomic mass is 9.97. The Morgan fingerprint density at radius 3 is 2.47 bits per heavy atom. The second-order valence-corrected chi connectivity index (χ2v) is 8.53. The molecule has 2 heterocycles. The molecule has 2 N–H and O–H groups in total. The third-order valence-corrected chi connectivity index (χ3v) is 5.93. The van der Waals surface area contributed by atoms with E-state index in [1.54, 1.807) is 43.3 Å². The Labute approximate surface area is 207 Å². The van der Waals surface area contributed by atoms with Crippen LogP contribution in [0.3, 0.4) is 0 Å². The molecule has 0 bridgehead atoms. The van der Waals surface area contributed by atoms with Crippen molar-refractivity contribution in [2.45, 2.75) is 20.4 Å². The normalized spacial score (nSPS) is 13.1. The number of amides is 4. The molecular weight excluding hydrogens is 458 g/mol. The summed E-state index contributed by atoms with van der Waals surface area (Å²) < 4.78 is 5.55. The Hall–Kier alpha value is -4.79. The van der Waals surface area contributed by atoms with Crippen LogP contribution < -0.4 is 10.6 Å². The van der Waals surface area contributed by atoms with Crippen molar-refractivity contribution in [3.05, 3.63) is 89.3 Å². The SMILES string of the molecule is Cc1nnc(-c2ccc(C)c(-c3ccc(C(=O)Nc4cccc(CN5C(=O)CNC5=O)c4)cc3)c2)o1. The summed E-state index contributed by atoms with van der Waals surface area (Å²) in [4.78, 5) is 37.6. The summed E-state index contributed by atoms with van der Waals surface area (Å²) in [6.45, 7) is 3.92. The highest BCUT2D eigenvalue weighted by atomic mass is 16.4. The highest BCUT2D eigenvalue weighted by Crippen LogP contribution is 2.29. The van der Waals surface area contributed by atoms with E-state index in [1.807, 2.05) is 37.3 Å². The van der Waals surface area contributed by atoms with Gasteiger partial charge in [-0.3, -0.25) is 14.5 Å².